The van der Waals surface area contributed by atoms with Crippen molar-refractivity contribution in [1.29, 1.82) is 0 Å². The smallest absolute Gasteiger partial charge is 0.335 e. The van der Waals surface area contributed by atoms with Gasteiger partial charge in [0, 0.05) is 9.64 Å². The summed E-state index contributed by atoms with van der Waals surface area (Å²) in [5.41, 5.74) is 0.852. The Morgan fingerprint density at radius 2 is 1.73 bits per heavy atom. The van der Waals surface area contributed by atoms with Gasteiger partial charge in [-0.1, -0.05) is 12.1 Å². The van der Waals surface area contributed by atoms with E-state index in [1.807, 2.05) is 12.1 Å². The summed E-state index contributed by atoms with van der Waals surface area (Å²) in [6, 6.07) is 11.2. The number of anilines is 1. The van der Waals surface area contributed by atoms with Gasteiger partial charge in [0.15, 0.2) is 11.5 Å². The molecule has 0 saturated carbocycles. The molecule has 2 aromatic rings. The zero-order valence-corrected chi connectivity index (χ0v) is 15.3. The SMILES string of the molecule is O=C1NC(=O)N(c2ccc3c(c2)OCO3)C(=O)/C1=C/c1ccc(I)cc1. The highest BCUT2D eigenvalue weighted by Crippen LogP contribution is 2.36. The summed E-state index contributed by atoms with van der Waals surface area (Å²) in [5, 5.41) is 2.19. The number of nitrogens with one attached hydrogen (secondary N) is 1. The fourth-order valence-electron chi connectivity index (χ4n) is 2.64. The highest BCUT2D eigenvalue weighted by molar-refractivity contribution is 14.1. The number of amides is 4. The molecule has 0 unspecified atom stereocenters. The quantitative estimate of drug-likeness (QED) is 0.422. The molecule has 0 aromatic heterocycles. The van der Waals surface area contributed by atoms with E-state index >= 15 is 0 Å². The Balaban J connectivity index is 1.71. The van der Waals surface area contributed by atoms with E-state index in [1.165, 1.54) is 12.1 Å². The summed E-state index contributed by atoms with van der Waals surface area (Å²) in [7, 11) is 0. The van der Waals surface area contributed by atoms with Gasteiger partial charge < -0.3 is 9.47 Å². The molecule has 2 heterocycles. The normalized spacial score (nSPS) is 17.7. The number of ether oxygens (including phenoxy) is 2. The maximum absolute atomic E-state index is 12.8. The van der Waals surface area contributed by atoms with Crippen LogP contribution in [0.5, 0.6) is 11.5 Å². The third-order valence-corrected chi connectivity index (χ3v) is 4.62. The second-order valence-corrected chi connectivity index (χ2v) is 6.79. The van der Waals surface area contributed by atoms with Crippen LogP contribution in [0.2, 0.25) is 0 Å². The first kappa shape index (κ1) is 16.6. The van der Waals surface area contributed by atoms with E-state index < -0.39 is 17.8 Å². The first-order valence-electron chi connectivity index (χ1n) is 7.59. The molecule has 8 heteroatoms. The number of halogens is 1. The largest absolute Gasteiger partial charge is 0.454 e. The molecule has 0 aliphatic carbocycles. The van der Waals surface area contributed by atoms with E-state index in [0.29, 0.717) is 17.1 Å². The van der Waals surface area contributed by atoms with Gasteiger partial charge in [0.25, 0.3) is 11.8 Å². The number of carbonyl (C=O) groups excluding carboxylic acids is 3. The lowest BCUT2D eigenvalue weighted by Gasteiger charge is -2.26. The van der Waals surface area contributed by atoms with Gasteiger partial charge in [0.1, 0.15) is 5.57 Å². The molecule has 2 aromatic carbocycles. The maximum atomic E-state index is 12.8. The van der Waals surface area contributed by atoms with Crippen molar-refractivity contribution in [3.05, 3.63) is 57.2 Å². The molecule has 7 nitrogen and oxygen atoms in total. The highest BCUT2D eigenvalue weighted by atomic mass is 127. The number of urea groups is 1. The van der Waals surface area contributed by atoms with Crippen LogP contribution in [0, 0.1) is 3.57 Å². The van der Waals surface area contributed by atoms with Crippen LogP contribution in [-0.4, -0.2) is 24.6 Å². The summed E-state index contributed by atoms with van der Waals surface area (Å²) in [5.74, 6) is -0.459. The summed E-state index contributed by atoms with van der Waals surface area (Å²) >= 11 is 2.16. The Morgan fingerprint density at radius 3 is 2.50 bits per heavy atom. The van der Waals surface area contributed by atoms with E-state index in [4.69, 9.17) is 9.47 Å². The summed E-state index contributed by atoms with van der Waals surface area (Å²) in [6.07, 6.45) is 1.46. The zero-order chi connectivity index (χ0) is 18.3. The van der Waals surface area contributed by atoms with Crippen LogP contribution < -0.4 is 19.7 Å². The van der Waals surface area contributed by atoms with E-state index in [-0.39, 0.29) is 18.1 Å². The molecular weight excluding hydrogens is 451 g/mol. The van der Waals surface area contributed by atoms with Gasteiger partial charge >= 0.3 is 6.03 Å². The van der Waals surface area contributed by atoms with Gasteiger partial charge in [-0.15, -0.1) is 0 Å². The molecule has 1 saturated heterocycles. The summed E-state index contributed by atoms with van der Waals surface area (Å²) in [4.78, 5) is 38.1. The van der Waals surface area contributed by atoms with Crippen LogP contribution in [0.1, 0.15) is 5.56 Å². The van der Waals surface area contributed by atoms with Gasteiger partial charge in [-0.3, -0.25) is 14.9 Å². The van der Waals surface area contributed by atoms with Crippen LogP contribution in [0.3, 0.4) is 0 Å². The fraction of sp³-hybridized carbons (Fsp3) is 0.0556. The minimum atomic E-state index is -0.807. The van der Waals surface area contributed by atoms with Crippen LogP contribution >= 0.6 is 22.6 Å². The lowest BCUT2D eigenvalue weighted by Crippen LogP contribution is -2.54. The molecule has 0 bridgehead atoms. The Morgan fingerprint density at radius 1 is 1.00 bits per heavy atom. The average Bonchev–Trinajstić information content (AvgIpc) is 3.08. The topological polar surface area (TPSA) is 84.9 Å². The minimum Gasteiger partial charge on any atom is -0.454 e. The Labute approximate surface area is 161 Å². The summed E-state index contributed by atoms with van der Waals surface area (Å²) < 4.78 is 11.5. The fourth-order valence-corrected chi connectivity index (χ4v) is 3.00. The molecule has 26 heavy (non-hydrogen) atoms. The van der Waals surface area contributed by atoms with Crippen LogP contribution in [-0.2, 0) is 9.59 Å². The van der Waals surface area contributed by atoms with E-state index in [0.717, 1.165) is 8.47 Å². The number of imide groups is 2. The van der Waals surface area contributed by atoms with Crippen molar-refractivity contribution in [2.24, 2.45) is 0 Å². The molecule has 4 rings (SSSR count). The van der Waals surface area contributed by atoms with Crippen molar-refractivity contribution < 1.29 is 23.9 Å². The Bertz CT molecular complexity index is 968. The summed E-state index contributed by atoms with van der Waals surface area (Å²) in [6.45, 7) is 0.0787. The van der Waals surface area contributed by atoms with E-state index in [9.17, 15) is 14.4 Å². The molecule has 2 aliphatic heterocycles. The molecular formula is C18H11IN2O5. The van der Waals surface area contributed by atoms with E-state index in [2.05, 4.69) is 27.9 Å². The number of carbonyl (C=O) groups is 3. The molecule has 0 spiro atoms. The number of barbiturate groups is 1. The molecule has 4 amide bonds. The average molecular weight is 462 g/mol. The highest BCUT2D eigenvalue weighted by Gasteiger charge is 2.37. The molecule has 0 radical (unpaired) electrons. The predicted molar refractivity (Wildman–Crippen MR) is 101 cm³/mol. The first-order chi connectivity index (χ1) is 12.5. The van der Waals surface area contributed by atoms with Crippen molar-refractivity contribution in [2.75, 3.05) is 11.7 Å². The number of nitrogens with zero attached hydrogens (tertiary/aromatic N) is 1. The molecule has 1 fully saturated rings. The first-order valence-corrected chi connectivity index (χ1v) is 8.67. The minimum absolute atomic E-state index is 0.0787. The number of fused-ring (bicyclic) bond motifs is 1. The monoisotopic (exact) mass is 462 g/mol. The lowest BCUT2D eigenvalue weighted by atomic mass is 10.1. The maximum Gasteiger partial charge on any atom is 0.335 e. The zero-order valence-electron chi connectivity index (χ0n) is 13.2. The number of hydrogen-bond donors (Lipinski definition) is 1. The van der Waals surface area contributed by atoms with Crippen LogP contribution in [0.25, 0.3) is 6.08 Å². The molecule has 130 valence electrons. The van der Waals surface area contributed by atoms with Crippen LogP contribution in [0.4, 0.5) is 10.5 Å². The molecule has 1 N–H and O–H groups in total. The van der Waals surface area contributed by atoms with Gasteiger partial charge in [-0.05, 0) is 58.5 Å². The van der Waals surface area contributed by atoms with Gasteiger partial charge in [-0.2, -0.15) is 0 Å². The lowest BCUT2D eigenvalue weighted by molar-refractivity contribution is -0.122. The van der Waals surface area contributed by atoms with Gasteiger partial charge in [-0.25, -0.2) is 9.69 Å². The van der Waals surface area contributed by atoms with Gasteiger partial charge in [0.05, 0.1) is 5.69 Å². The van der Waals surface area contributed by atoms with Crippen molar-refractivity contribution in [3.63, 3.8) is 0 Å². The Kier molecular flexibility index (Phi) is 4.11. The van der Waals surface area contributed by atoms with Crippen LogP contribution in [0.15, 0.2) is 48.0 Å². The third kappa shape index (κ3) is 2.92. The number of hydrogen-bond acceptors (Lipinski definition) is 5. The van der Waals surface area contributed by atoms with Crippen molar-refractivity contribution >= 4 is 52.2 Å². The van der Waals surface area contributed by atoms with Crippen molar-refractivity contribution in [3.8, 4) is 11.5 Å². The molecule has 2 aliphatic rings. The van der Waals surface area contributed by atoms with Crippen molar-refractivity contribution in [1.82, 2.24) is 5.32 Å². The number of rotatable bonds is 2. The van der Waals surface area contributed by atoms with Gasteiger partial charge in [0.2, 0.25) is 6.79 Å². The standard InChI is InChI=1S/C18H11IN2O5/c19-11-3-1-10(2-4-11)7-13-16(22)20-18(24)21(17(13)23)12-5-6-14-15(8-12)26-9-25-14/h1-8H,9H2,(H,20,22,24)/b13-7+. The van der Waals surface area contributed by atoms with E-state index in [1.54, 1.807) is 24.3 Å². The van der Waals surface area contributed by atoms with Crippen molar-refractivity contribution in [2.45, 2.75) is 0 Å². The number of benzene rings is 2. The third-order valence-electron chi connectivity index (χ3n) is 3.90. The second-order valence-electron chi connectivity index (χ2n) is 5.55. The second kappa shape index (κ2) is 6.45. The Hall–Kier alpha value is -2.88. The predicted octanol–water partition coefficient (Wildman–Crippen LogP) is 2.69. The molecule has 0 atom stereocenters.